The van der Waals surface area contributed by atoms with E-state index in [0.29, 0.717) is 6.54 Å². The highest BCUT2D eigenvalue weighted by molar-refractivity contribution is 7.89. The molecule has 4 nitrogen and oxygen atoms in total. The highest BCUT2D eigenvalue weighted by Crippen LogP contribution is 2.21. The van der Waals surface area contributed by atoms with E-state index in [2.05, 4.69) is 4.72 Å². The molecule has 3 N–H and O–H groups in total. The largest absolute Gasteiger partial charge is 0.389 e. The van der Waals surface area contributed by atoms with Crippen LogP contribution in [0.4, 0.5) is 13.2 Å². The molecule has 104 valence electrons. The number of hydrogen-bond donors (Lipinski definition) is 2. The Morgan fingerprint density at radius 3 is 2.24 bits per heavy atom. The molecule has 2 atom stereocenters. The number of sulfonamides is 1. The predicted octanol–water partition coefficient (Wildman–Crippen LogP) is 1.23. The molecule has 0 rings (SSSR count). The molecule has 17 heavy (non-hydrogen) atoms. The van der Waals surface area contributed by atoms with Gasteiger partial charge in [0.25, 0.3) is 0 Å². The summed E-state index contributed by atoms with van der Waals surface area (Å²) in [6.45, 7) is 3.72. The highest BCUT2D eigenvalue weighted by Gasteiger charge is 2.28. The lowest BCUT2D eigenvalue weighted by Gasteiger charge is -2.19. The molecular formula is C9H19F3N2O2S. The summed E-state index contributed by atoms with van der Waals surface area (Å²) in [5.74, 6) is -0.582. The molecule has 2 unspecified atom stereocenters. The minimum absolute atomic E-state index is 0.0626. The number of halogens is 3. The number of hydrogen-bond acceptors (Lipinski definition) is 3. The zero-order chi connectivity index (χ0) is 13.7. The second kappa shape index (κ2) is 6.55. The number of alkyl halides is 3. The quantitative estimate of drug-likeness (QED) is 0.734. The van der Waals surface area contributed by atoms with Crippen molar-refractivity contribution >= 4 is 10.0 Å². The van der Waals surface area contributed by atoms with Gasteiger partial charge in [-0.1, -0.05) is 6.92 Å². The van der Waals surface area contributed by atoms with Gasteiger partial charge >= 0.3 is 6.18 Å². The van der Waals surface area contributed by atoms with E-state index in [1.165, 1.54) is 0 Å². The molecule has 0 aromatic rings. The fourth-order valence-corrected chi connectivity index (χ4v) is 2.57. The Morgan fingerprint density at radius 1 is 1.29 bits per heavy atom. The first-order valence-electron chi connectivity index (χ1n) is 5.34. The summed E-state index contributed by atoms with van der Waals surface area (Å²) in [4.78, 5) is 0. The highest BCUT2D eigenvalue weighted by atomic mass is 32.2. The fourth-order valence-electron chi connectivity index (χ4n) is 1.13. The van der Waals surface area contributed by atoms with Crippen LogP contribution in [0, 0.1) is 5.92 Å². The average molecular weight is 276 g/mol. The van der Waals surface area contributed by atoms with Gasteiger partial charge in [-0.2, -0.15) is 13.2 Å². The van der Waals surface area contributed by atoms with Gasteiger partial charge in [-0.15, -0.1) is 0 Å². The molecule has 0 saturated heterocycles. The van der Waals surface area contributed by atoms with E-state index in [1.807, 2.05) is 0 Å². The van der Waals surface area contributed by atoms with Crippen molar-refractivity contribution < 1.29 is 21.6 Å². The van der Waals surface area contributed by atoms with Gasteiger partial charge in [0.05, 0.1) is 5.75 Å². The van der Waals surface area contributed by atoms with E-state index >= 15 is 0 Å². The Balaban J connectivity index is 4.13. The van der Waals surface area contributed by atoms with Gasteiger partial charge in [0.1, 0.15) is 0 Å². The number of nitrogens with one attached hydrogen (secondary N) is 1. The van der Waals surface area contributed by atoms with E-state index in [4.69, 9.17) is 5.73 Å². The lowest BCUT2D eigenvalue weighted by Crippen LogP contribution is -2.40. The maximum absolute atomic E-state index is 11.8. The molecule has 0 aliphatic carbocycles. The van der Waals surface area contributed by atoms with Crippen molar-refractivity contribution in [1.82, 2.24) is 4.72 Å². The second-order valence-corrected chi connectivity index (χ2v) is 6.03. The fraction of sp³-hybridized carbons (Fsp3) is 1.00. The molecule has 0 bridgehead atoms. The summed E-state index contributed by atoms with van der Waals surface area (Å²) in [7, 11) is -3.66. The third-order valence-corrected chi connectivity index (χ3v) is 4.02. The van der Waals surface area contributed by atoms with Crippen LogP contribution in [0.5, 0.6) is 0 Å². The lowest BCUT2D eigenvalue weighted by atomic mass is 10.1. The van der Waals surface area contributed by atoms with E-state index in [0.717, 1.165) is 0 Å². The first-order valence-corrected chi connectivity index (χ1v) is 6.99. The van der Waals surface area contributed by atoms with E-state index in [-0.39, 0.29) is 12.0 Å². The average Bonchev–Trinajstić information content (AvgIpc) is 2.13. The third kappa shape index (κ3) is 8.39. The molecule has 0 heterocycles. The topological polar surface area (TPSA) is 72.2 Å². The van der Waals surface area contributed by atoms with E-state index in [1.54, 1.807) is 13.8 Å². The first-order chi connectivity index (χ1) is 7.57. The SMILES string of the molecule is CC(CN)C(C)NS(=O)(=O)CCCC(F)(F)F. The zero-order valence-corrected chi connectivity index (χ0v) is 10.7. The van der Waals surface area contributed by atoms with Crippen molar-refractivity contribution in [3.63, 3.8) is 0 Å². The van der Waals surface area contributed by atoms with Crippen molar-refractivity contribution in [1.29, 1.82) is 0 Å². The summed E-state index contributed by atoms with van der Waals surface area (Å²) in [6, 6.07) is -0.379. The molecule has 0 aromatic carbocycles. The Kier molecular flexibility index (Phi) is 6.42. The van der Waals surface area contributed by atoms with Crippen molar-refractivity contribution in [3.8, 4) is 0 Å². The molecule has 0 aromatic heterocycles. The predicted molar refractivity (Wildman–Crippen MR) is 59.9 cm³/mol. The molecule has 0 fully saturated rings. The maximum Gasteiger partial charge on any atom is 0.389 e. The summed E-state index contributed by atoms with van der Waals surface area (Å²) < 4.78 is 60.7. The molecule has 0 spiro atoms. The van der Waals surface area contributed by atoms with E-state index < -0.39 is 34.8 Å². The van der Waals surface area contributed by atoms with Crippen LogP contribution in [0.1, 0.15) is 26.7 Å². The van der Waals surface area contributed by atoms with Crippen LogP contribution in [0.15, 0.2) is 0 Å². The van der Waals surface area contributed by atoms with Gasteiger partial charge in [-0.3, -0.25) is 0 Å². The third-order valence-electron chi connectivity index (χ3n) is 2.46. The van der Waals surface area contributed by atoms with Crippen LogP contribution < -0.4 is 10.5 Å². The molecule has 0 aliphatic rings. The summed E-state index contributed by atoms with van der Waals surface area (Å²) in [6.07, 6.45) is -5.83. The van der Waals surface area contributed by atoms with Crippen LogP contribution in [0.2, 0.25) is 0 Å². The smallest absolute Gasteiger partial charge is 0.330 e. The van der Waals surface area contributed by atoms with E-state index in [9.17, 15) is 21.6 Å². The molecule has 0 saturated carbocycles. The molecule has 0 aliphatic heterocycles. The Bertz CT molecular complexity index is 317. The standard InChI is InChI=1S/C9H19F3N2O2S/c1-7(6-13)8(2)14-17(15,16)5-3-4-9(10,11)12/h7-8,14H,3-6,13H2,1-2H3. The van der Waals surface area contributed by atoms with Gasteiger partial charge < -0.3 is 5.73 Å². The first kappa shape index (κ1) is 16.7. The van der Waals surface area contributed by atoms with Crippen molar-refractivity contribution in [2.45, 2.75) is 38.9 Å². The van der Waals surface area contributed by atoms with Crippen LogP contribution in [-0.4, -0.2) is 32.9 Å². The lowest BCUT2D eigenvalue weighted by molar-refractivity contribution is -0.134. The van der Waals surface area contributed by atoms with Gasteiger partial charge in [0.2, 0.25) is 10.0 Å². The van der Waals surface area contributed by atoms with Crippen molar-refractivity contribution in [3.05, 3.63) is 0 Å². The number of rotatable bonds is 7. The van der Waals surface area contributed by atoms with Crippen LogP contribution in [0.3, 0.4) is 0 Å². The van der Waals surface area contributed by atoms with Crippen molar-refractivity contribution in [2.75, 3.05) is 12.3 Å². The summed E-state index contributed by atoms with van der Waals surface area (Å²) in [5, 5.41) is 0. The van der Waals surface area contributed by atoms with Gasteiger partial charge in [-0.25, -0.2) is 13.1 Å². The van der Waals surface area contributed by atoms with Crippen LogP contribution >= 0.6 is 0 Å². The molecule has 8 heteroatoms. The monoisotopic (exact) mass is 276 g/mol. The molecule has 0 radical (unpaired) electrons. The van der Waals surface area contributed by atoms with Gasteiger partial charge in [-0.05, 0) is 25.8 Å². The van der Waals surface area contributed by atoms with Gasteiger partial charge in [0.15, 0.2) is 0 Å². The van der Waals surface area contributed by atoms with Gasteiger partial charge in [0, 0.05) is 12.5 Å². The van der Waals surface area contributed by atoms with Crippen LogP contribution in [-0.2, 0) is 10.0 Å². The normalized spacial score (nSPS) is 16.8. The van der Waals surface area contributed by atoms with Crippen LogP contribution in [0.25, 0.3) is 0 Å². The maximum atomic E-state index is 11.8. The zero-order valence-electron chi connectivity index (χ0n) is 9.92. The second-order valence-electron chi connectivity index (χ2n) is 4.16. The Hall–Kier alpha value is -0.340. The minimum Gasteiger partial charge on any atom is -0.330 e. The summed E-state index contributed by atoms with van der Waals surface area (Å²) >= 11 is 0. The number of nitrogens with two attached hydrogens (primary N) is 1. The minimum atomic E-state index is -4.31. The molecular weight excluding hydrogens is 257 g/mol. The summed E-state index contributed by atoms with van der Waals surface area (Å²) in [5.41, 5.74) is 5.37. The molecule has 0 amide bonds. The Morgan fingerprint density at radius 2 is 1.82 bits per heavy atom. The van der Waals surface area contributed by atoms with Crippen molar-refractivity contribution in [2.24, 2.45) is 11.7 Å². The Labute approximate surface area is 99.8 Å².